The minimum absolute atomic E-state index is 0.325. The summed E-state index contributed by atoms with van der Waals surface area (Å²) in [4.78, 5) is 9.53. The van der Waals surface area contributed by atoms with Crippen LogP contribution < -0.4 is 5.32 Å². The fraction of sp³-hybridized carbons (Fsp3) is 0.375. The molecule has 0 aliphatic carbocycles. The highest BCUT2D eigenvalue weighted by Crippen LogP contribution is 2.30. The lowest BCUT2D eigenvalue weighted by Crippen LogP contribution is -2.32. The molecular formula is C16H22N4OS. The van der Waals surface area contributed by atoms with Gasteiger partial charge in [0, 0.05) is 27.9 Å². The normalized spacial score (nSPS) is 11.8. The monoisotopic (exact) mass is 318 g/mol. The van der Waals surface area contributed by atoms with Crippen LogP contribution in [-0.2, 0) is 0 Å². The molecular weight excluding hydrogens is 296 g/mol. The van der Waals surface area contributed by atoms with Crippen LogP contribution in [-0.4, -0.2) is 25.2 Å². The molecule has 0 saturated carbocycles. The molecule has 2 N–H and O–H groups in total. The number of hydroxylamine groups is 1. The zero-order valence-corrected chi connectivity index (χ0v) is 14.4. The third-order valence-electron chi connectivity index (χ3n) is 2.95. The van der Waals surface area contributed by atoms with Gasteiger partial charge in [-0.15, -0.1) is 4.47 Å². The molecule has 0 spiro atoms. The van der Waals surface area contributed by atoms with Gasteiger partial charge in [0.2, 0.25) is 0 Å². The van der Waals surface area contributed by atoms with E-state index in [9.17, 15) is 5.21 Å². The van der Waals surface area contributed by atoms with Gasteiger partial charge in [-0.25, -0.2) is 9.97 Å². The summed E-state index contributed by atoms with van der Waals surface area (Å²) in [5.41, 5.74) is 1.59. The topological polar surface area (TPSA) is 61.3 Å². The number of benzene rings is 1. The summed E-state index contributed by atoms with van der Waals surface area (Å²) < 4.78 is 1.26. The van der Waals surface area contributed by atoms with Crippen molar-refractivity contribution in [3.05, 3.63) is 41.9 Å². The van der Waals surface area contributed by atoms with Crippen molar-refractivity contribution in [3.63, 3.8) is 0 Å². The Morgan fingerprint density at radius 3 is 2.64 bits per heavy atom. The molecule has 2 aromatic rings. The smallest absolute Gasteiger partial charge is 0.136 e. The lowest BCUT2D eigenvalue weighted by atomic mass is 10.1. The van der Waals surface area contributed by atoms with Crippen molar-refractivity contribution in [2.24, 2.45) is 0 Å². The molecule has 2 rings (SSSR count). The minimum atomic E-state index is -0.325. The molecule has 0 amide bonds. The van der Waals surface area contributed by atoms with Crippen LogP contribution in [0.1, 0.15) is 32.2 Å². The fourth-order valence-electron chi connectivity index (χ4n) is 1.66. The fourth-order valence-corrected chi connectivity index (χ4v) is 2.45. The summed E-state index contributed by atoms with van der Waals surface area (Å²) >= 11 is 1.30. The van der Waals surface area contributed by atoms with Gasteiger partial charge in [0.15, 0.2) is 0 Å². The summed E-state index contributed by atoms with van der Waals surface area (Å²) in [6, 6.07) is 7.86. The van der Waals surface area contributed by atoms with Crippen LogP contribution in [0, 0.1) is 13.8 Å². The molecule has 6 heteroatoms. The molecule has 1 aromatic heterocycles. The molecule has 0 aliphatic heterocycles. The maximum atomic E-state index is 10.1. The van der Waals surface area contributed by atoms with Crippen molar-refractivity contribution < 1.29 is 5.21 Å². The highest BCUT2D eigenvalue weighted by atomic mass is 32.2. The Balaban J connectivity index is 2.16. The van der Waals surface area contributed by atoms with E-state index in [1.165, 1.54) is 16.4 Å². The standard InChI is InChI=1S/C16H22N4OS/c1-11-10-17-12(2)18-15(11)19-13-7-6-8-14(9-13)22-20(21)16(3,4)5/h6-10,21H,1-5H3,(H,17,18,19). The zero-order chi connectivity index (χ0) is 16.3. The first kappa shape index (κ1) is 16.7. The van der Waals surface area contributed by atoms with Crippen LogP contribution in [0.4, 0.5) is 11.5 Å². The van der Waals surface area contributed by atoms with Gasteiger partial charge in [-0.1, -0.05) is 6.07 Å². The van der Waals surface area contributed by atoms with Crippen LogP contribution in [0.2, 0.25) is 0 Å². The maximum Gasteiger partial charge on any atom is 0.136 e. The van der Waals surface area contributed by atoms with Gasteiger partial charge in [-0.3, -0.25) is 0 Å². The number of nitrogens with one attached hydrogen (secondary N) is 1. The van der Waals surface area contributed by atoms with E-state index in [0.717, 1.165) is 27.8 Å². The van der Waals surface area contributed by atoms with E-state index in [1.54, 1.807) is 6.20 Å². The Kier molecular flexibility index (Phi) is 5.05. The third-order valence-corrected chi connectivity index (χ3v) is 4.14. The average Bonchev–Trinajstić information content (AvgIpc) is 2.42. The number of aryl methyl sites for hydroxylation is 2. The minimum Gasteiger partial charge on any atom is -0.340 e. The SMILES string of the molecule is Cc1ncc(C)c(Nc2cccc(SN(O)C(C)(C)C)c2)n1. The number of rotatable bonds is 4. The number of nitrogens with zero attached hydrogens (tertiary/aromatic N) is 3. The van der Waals surface area contributed by atoms with E-state index in [1.807, 2.05) is 58.9 Å². The molecule has 0 unspecified atom stereocenters. The second-order valence-corrected chi connectivity index (χ2v) is 7.14. The van der Waals surface area contributed by atoms with Crippen molar-refractivity contribution in [1.82, 2.24) is 14.4 Å². The Morgan fingerprint density at radius 1 is 1.23 bits per heavy atom. The molecule has 1 aromatic carbocycles. The molecule has 0 atom stereocenters. The van der Waals surface area contributed by atoms with E-state index in [4.69, 9.17) is 0 Å². The van der Waals surface area contributed by atoms with Crippen molar-refractivity contribution in [2.75, 3.05) is 5.32 Å². The molecule has 5 nitrogen and oxygen atoms in total. The van der Waals surface area contributed by atoms with E-state index in [0.29, 0.717) is 0 Å². The molecule has 118 valence electrons. The third kappa shape index (κ3) is 4.43. The lowest BCUT2D eigenvalue weighted by molar-refractivity contribution is -0.0552. The first-order chi connectivity index (χ1) is 10.3. The predicted molar refractivity (Wildman–Crippen MR) is 90.5 cm³/mol. The highest BCUT2D eigenvalue weighted by molar-refractivity contribution is 7.97. The van der Waals surface area contributed by atoms with Crippen molar-refractivity contribution >= 4 is 23.5 Å². The van der Waals surface area contributed by atoms with Gasteiger partial charge in [0.25, 0.3) is 0 Å². The molecule has 0 saturated heterocycles. The maximum absolute atomic E-state index is 10.1. The van der Waals surface area contributed by atoms with Gasteiger partial charge in [-0.2, -0.15) is 0 Å². The molecule has 0 aliphatic rings. The summed E-state index contributed by atoms with van der Waals surface area (Å²) in [5, 5.41) is 13.4. The Morgan fingerprint density at radius 2 is 1.95 bits per heavy atom. The quantitative estimate of drug-likeness (QED) is 0.646. The molecule has 1 heterocycles. The highest BCUT2D eigenvalue weighted by Gasteiger charge is 2.20. The van der Waals surface area contributed by atoms with Crippen LogP contribution >= 0.6 is 11.9 Å². The van der Waals surface area contributed by atoms with Crippen molar-refractivity contribution in [3.8, 4) is 0 Å². The largest absolute Gasteiger partial charge is 0.340 e. The average molecular weight is 318 g/mol. The molecule has 0 radical (unpaired) electrons. The van der Waals surface area contributed by atoms with Gasteiger partial charge < -0.3 is 10.5 Å². The van der Waals surface area contributed by atoms with E-state index in [-0.39, 0.29) is 5.54 Å². The second-order valence-electron chi connectivity index (χ2n) is 6.14. The van der Waals surface area contributed by atoms with Crippen LogP contribution in [0.3, 0.4) is 0 Å². The van der Waals surface area contributed by atoms with E-state index in [2.05, 4.69) is 15.3 Å². The van der Waals surface area contributed by atoms with Gasteiger partial charge in [0.1, 0.15) is 11.6 Å². The second kappa shape index (κ2) is 6.64. The van der Waals surface area contributed by atoms with Crippen LogP contribution in [0.25, 0.3) is 0 Å². The Labute approximate surface area is 135 Å². The Bertz CT molecular complexity index is 655. The van der Waals surface area contributed by atoms with Gasteiger partial charge in [0.05, 0.1) is 0 Å². The predicted octanol–water partition coefficient (Wildman–Crippen LogP) is 4.33. The summed E-state index contributed by atoms with van der Waals surface area (Å²) in [6.07, 6.45) is 1.80. The van der Waals surface area contributed by atoms with Crippen molar-refractivity contribution in [1.29, 1.82) is 0 Å². The summed E-state index contributed by atoms with van der Waals surface area (Å²) in [6.45, 7) is 9.69. The number of aromatic nitrogens is 2. The Hall–Kier alpha value is -1.63. The first-order valence-corrected chi connectivity index (χ1v) is 7.87. The number of anilines is 2. The zero-order valence-electron chi connectivity index (χ0n) is 13.6. The van der Waals surface area contributed by atoms with Crippen LogP contribution in [0.15, 0.2) is 35.4 Å². The number of hydrogen-bond acceptors (Lipinski definition) is 6. The van der Waals surface area contributed by atoms with Gasteiger partial charge in [-0.05, 0) is 64.8 Å². The molecule has 22 heavy (non-hydrogen) atoms. The number of hydrogen-bond donors (Lipinski definition) is 2. The molecule has 0 bridgehead atoms. The van der Waals surface area contributed by atoms with E-state index < -0.39 is 0 Å². The summed E-state index contributed by atoms with van der Waals surface area (Å²) in [5.74, 6) is 1.53. The molecule has 0 fully saturated rings. The first-order valence-electron chi connectivity index (χ1n) is 7.10. The van der Waals surface area contributed by atoms with Crippen LogP contribution in [0.5, 0.6) is 0 Å². The lowest BCUT2D eigenvalue weighted by Gasteiger charge is -2.27. The van der Waals surface area contributed by atoms with Crippen molar-refractivity contribution in [2.45, 2.75) is 45.1 Å². The summed E-state index contributed by atoms with van der Waals surface area (Å²) in [7, 11) is 0. The van der Waals surface area contributed by atoms with Gasteiger partial charge >= 0.3 is 0 Å². The van der Waals surface area contributed by atoms with E-state index >= 15 is 0 Å².